The summed E-state index contributed by atoms with van der Waals surface area (Å²) in [4.78, 5) is 11.8. The second-order valence-electron chi connectivity index (χ2n) is 5.52. The number of hydrogen-bond donors (Lipinski definition) is 2. The van der Waals surface area contributed by atoms with E-state index in [9.17, 15) is 9.90 Å². The average molecular weight is 257 g/mol. The summed E-state index contributed by atoms with van der Waals surface area (Å²) in [5.74, 6) is 0.00608. The van der Waals surface area contributed by atoms with Crippen molar-refractivity contribution < 1.29 is 19.4 Å². The van der Waals surface area contributed by atoms with Crippen LogP contribution in [0.1, 0.15) is 34.1 Å². The number of carbonyl (C=O) groups is 1. The lowest BCUT2D eigenvalue weighted by Crippen LogP contribution is -2.50. The third kappa shape index (κ3) is 3.46. The number of hydrogen-bond acceptors (Lipinski definition) is 4. The number of nitrogens with one attached hydrogen (secondary N) is 1. The number of aliphatic hydroxyl groups is 1. The third-order valence-electron chi connectivity index (χ3n) is 2.84. The lowest BCUT2D eigenvalue weighted by atomic mass is 10.2. The molecule has 0 aliphatic heterocycles. The largest absolute Gasteiger partial charge is 0.444 e. The van der Waals surface area contributed by atoms with Crippen LogP contribution < -0.4 is 5.32 Å². The first-order valence-electron chi connectivity index (χ1n) is 6.18. The summed E-state index contributed by atoms with van der Waals surface area (Å²) in [6, 6.07) is 0. The molecule has 0 saturated heterocycles. The number of rotatable bonds is 5. The Labute approximate surface area is 108 Å². The van der Waals surface area contributed by atoms with E-state index in [0.717, 1.165) is 0 Å². The standard InChI is InChI=1S/C13H23NO4/c1-6-9-8-13(9,10(15)17-7-2)14-11(16)18-12(3,4)5/h6,9-10,15H,1,7-8H2,2-5H3,(H,14,16)/t9-,10?,13-/m1/s1. The van der Waals surface area contributed by atoms with Crippen molar-refractivity contribution in [3.8, 4) is 0 Å². The highest BCUT2D eigenvalue weighted by atomic mass is 16.6. The minimum absolute atomic E-state index is 0.00608. The minimum atomic E-state index is -1.04. The Morgan fingerprint density at radius 1 is 1.67 bits per heavy atom. The van der Waals surface area contributed by atoms with Crippen molar-refractivity contribution >= 4 is 6.09 Å². The molecule has 1 fully saturated rings. The van der Waals surface area contributed by atoms with Gasteiger partial charge in [-0.15, -0.1) is 6.58 Å². The number of ether oxygens (including phenoxy) is 2. The van der Waals surface area contributed by atoms with Crippen LogP contribution in [0.3, 0.4) is 0 Å². The maximum atomic E-state index is 11.8. The highest BCUT2D eigenvalue weighted by molar-refractivity contribution is 5.70. The zero-order chi connectivity index (χ0) is 14.0. The van der Waals surface area contributed by atoms with E-state index in [1.165, 1.54) is 0 Å². The van der Waals surface area contributed by atoms with Crippen molar-refractivity contribution in [3.63, 3.8) is 0 Å². The predicted octanol–water partition coefficient (Wildman–Crippen LogP) is 1.81. The first-order chi connectivity index (χ1) is 8.25. The second-order valence-corrected chi connectivity index (χ2v) is 5.52. The first kappa shape index (κ1) is 15.0. The second kappa shape index (κ2) is 5.28. The molecular weight excluding hydrogens is 234 g/mol. The fraction of sp³-hybridized carbons (Fsp3) is 0.769. The first-order valence-corrected chi connectivity index (χ1v) is 6.18. The normalized spacial score (nSPS) is 28.4. The summed E-state index contributed by atoms with van der Waals surface area (Å²) in [5.41, 5.74) is -1.36. The van der Waals surface area contributed by atoms with Crippen LogP contribution in [0.25, 0.3) is 0 Å². The van der Waals surface area contributed by atoms with Gasteiger partial charge in [-0.05, 0) is 34.1 Å². The summed E-state index contributed by atoms with van der Waals surface area (Å²) in [5, 5.41) is 12.7. The van der Waals surface area contributed by atoms with E-state index in [1.54, 1.807) is 33.8 Å². The monoisotopic (exact) mass is 257 g/mol. The Balaban J connectivity index is 2.65. The van der Waals surface area contributed by atoms with Crippen molar-refractivity contribution in [1.82, 2.24) is 5.32 Å². The van der Waals surface area contributed by atoms with Gasteiger partial charge in [-0.2, -0.15) is 0 Å². The molecule has 5 nitrogen and oxygen atoms in total. The molecule has 3 atom stereocenters. The lowest BCUT2D eigenvalue weighted by Gasteiger charge is -2.27. The van der Waals surface area contributed by atoms with Crippen LogP contribution in [0.4, 0.5) is 4.79 Å². The van der Waals surface area contributed by atoms with E-state index >= 15 is 0 Å². The summed E-state index contributed by atoms with van der Waals surface area (Å²) in [6.45, 7) is 11.2. The fourth-order valence-corrected chi connectivity index (χ4v) is 1.89. The van der Waals surface area contributed by atoms with Gasteiger partial charge >= 0.3 is 6.09 Å². The summed E-state index contributed by atoms with van der Waals surface area (Å²) < 4.78 is 10.4. The van der Waals surface area contributed by atoms with E-state index in [2.05, 4.69) is 11.9 Å². The minimum Gasteiger partial charge on any atom is -0.444 e. The zero-order valence-electron chi connectivity index (χ0n) is 11.5. The molecule has 1 aliphatic rings. The maximum Gasteiger partial charge on any atom is 0.408 e. The van der Waals surface area contributed by atoms with E-state index in [1.807, 2.05) is 0 Å². The summed E-state index contributed by atoms with van der Waals surface area (Å²) >= 11 is 0. The van der Waals surface area contributed by atoms with Crippen LogP contribution in [0.2, 0.25) is 0 Å². The van der Waals surface area contributed by atoms with Gasteiger partial charge in [-0.3, -0.25) is 0 Å². The van der Waals surface area contributed by atoms with E-state index in [0.29, 0.717) is 13.0 Å². The molecule has 0 heterocycles. The van der Waals surface area contributed by atoms with Crippen LogP contribution >= 0.6 is 0 Å². The van der Waals surface area contributed by atoms with Crippen LogP contribution in [-0.4, -0.2) is 35.2 Å². The van der Waals surface area contributed by atoms with Gasteiger partial charge < -0.3 is 19.9 Å². The molecule has 1 saturated carbocycles. The fourth-order valence-electron chi connectivity index (χ4n) is 1.89. The van der Waals surface area contributed by atoms with Crippen molar-refractivity contribution in [2.24, 2.45) is 5.92 Å². The number of carbonyl (C=O) groups excluding carboxylic acids is 1. The van der Waals surface area contributed by atoms with Crippen LogP contribution in [0, 0.1) is 5.92 Å². The van der Waals surface area contributed by atoms with Gasteiger partial charge in [0, 0.05) is 12.5 Å². The Kier molecular flexibility index (Phi) is 4.40. The van der Waals surface area contributed by atoms with Gasteiger partial charge in [0.15, 0.2) is 6.29 Å². The van der Waals surface area contributed by atoms with Gasteiger partial charge in [-0.1, -0.05) is 6.08 Å². The average Bonchev–Trinajstić information content (AvgIpc) is 2.90. The maximum absolute atomic E-state index is 11.8. The van der Waals surface area contributed by atoms with Crippen molar-refractivity contribution in [2.75, 3.05) is 6.61 Å². The molecule has 0 aromatic carbocycles. The molecule has 1 aliphatic carbocycles. The van der Waals surface area contributed by atoms with Gasteiger partial charge in [0.25, 0.3) is 0 Å². The molecule has 0 aromatic rings. The SMILES string of the molecule is C=C[C@@H]1C[C@]1(NC(=O)OC(C)(C)C)C(O)OCC. The molecule has 0 aromatic heterocycles. The number of amides is 1. The van der Waals surface area contributed by atoms with Crippen molar-refractivity contribution in [3.05, 3.63) is 12.7 Å². The van der Waals surface area contributed by atoms with Gasteiger partial charge in [0.2, 0.25) is 0 Å². The highest BCUT2D eigenvalue weighted by Crippen LogP contribution is 2.47. The molecule has 0 radical (unpaired) electrons. The van der Waals surface area contributed by atoms with Gasteiger partial charge in [-0.25, -0.2) is 4.79 Å². The van der Waals surface area contributed by atoms with Crippen LogP contribution in [0.5, 0.6) is 0 Å². The zero-order valence-corrected chi connectivity index (χ0v) is 11.5. The molecule has 0 spiro atoms. The van der Waals surface area contributed by atoms with Gasteiger partial charge in [0.05, 0.1) is 0 Å². The summed E-state index contributed by atoms with van der Waals surface area (Å²) in [7, 11) is 0. The topological polar surface area (TPSA) is 67.8 Å². The Morgan fingerprint density at radius 3 is 2.67 bits per heavy atom. The van der Waals surface area contributed by atoms with Crippen molar-refractivity contribution in [2.45, 2.75) is 51.5 Å². The molecular formula is C13H23NO4. The molecule has 2 N–H and O–H groups in total. The molecule has 18 heavy (non-hydrogen) atoms. The van der Waals surface area contributed by atoms with E-state index in [-0.39, 0.29) is 5.92 Å². The van der Waals surface area contributed by atoms with E-state index < -0.39 is 23.5 Å². The molecule has 0 bridgehead atoms. The van der Waals surface area contributed by atoms with Gasteiger partial charge in [0.1, 0.15) is 11.1 Å². The Bertz CT molecular complexity index is 323. The van der Waals surface area contributed by atoms with Crippen LogP contribution in [0.15, 0.2) is 12.7 Å². The smallest absolute Gasteiger partial charge is 0.408 e. The predicted molar refractivity (Wildman–Crippen MR) is 68.0 cm³/mol. The molecule has 1 rings (SSSR count). The van der Waals surface area contributed by atoms with Crippen molar-refractivity contribution in [1.29, 1.82) is 0 Å². The third-order valence-corrected chi connectivity index (χ3v) is 2.84. The molecule has 1 unspecified atom stereocenters. The molecule has 5 heteroatoms. The molecule has 104 valence electrons. The quantitative estimate of drug-likeness (QED) is 0.582. The Hall–Kier alpha value is -1.07. The highest BCUT2D eigenvalue weighted by Gasteiger charge is 2.60. The lowest BCUT2D eigenvalue weighted by molar-refractivity contribution is -0.125. The Morgan fingerprint density at radius 2 is 2.28 bits per heavy atom. The molecule has 1 amide bonds. The number of aliphatic hydroxyl groups excluding tert-OH is 1. The van der Waals surface area contributed by atoms with Crippen LogP contribution in [-0.2, 0) is 9.47 Å². The summed E-state index contributed by atoms with van der Waals surface area (Å²) in [6.07, 6.45) is 0.722. The van der Waals surface area contributed by atoms with E-state index in [4.69, 9.17) is 9.47 Å². The number of alkyl carbamates (subject to hydrolysis) is 1.